The smallest absolute Gasteiger partial charge is 0.251 e. The highest BCUT2D eigenvalue weighted by molar-refractivity contribution is 5.94. The Balaban J connectivity index is 1.77. The van der Waals surface area contributed by atoms with Crippen LogP contribution in [0.5, 0.6) is 5.75 Å². The Kier molecular flexibility index (Phi) is 4.74. The summed E-state index contributed by atoms with van der Waals surface area (Å²) in [7, 11) is 1.57. The van der Waals surface area contributed by atoms with E-state index >= 15 is 0 Å². The second kappa shape index (κ2) is 6.52. The van der Waals surface area contributed by atoms with Gasteiger partial charge in [0, 0.05) is 31.7 Å². The van der Waals surface area contributed by atoms with Gasteiger partial charge in [0.25, 0.3) is 5.91 Å². The molecular weight excluding hydrogens is 247 g/mol. The molecule has 1 amide bonds. The van der Waals surface area contributed by atoms with Gasteiger partial charge in [-0.2, -0.15) is 0 Å². The van der Waals surface area contributed by atoms with Crippen molar-refractivity contribution in [3.63, 3.8) is 0 Å². The summed E-state index contributed by atoms with van der Waals surface area (Å²) in [5.41, 5.74) is 0.573. The zero-order valence-corrected chi connectivity index (χ0v) is 11.1. The molecule has 0 aromatic heterocycles. The lowest BCUT2D eigenvalue weighted by Gasteiger charge is -2.14. The van der Waals surface area contributed by atoms with Crippen LogP contribution in [0.25, 0.3) is 0 Å². The summed E-state index contributed by atoms with van der Waals surface area (Å²) >= 11 is 0. The number of carbonyl (C=O) groups excluding carboxylic acids is 1. The van der Waals surface area contributed by atoms with Crippen LogP contribution in [-0.4, -0.2) is 50.3 Å². The van der Waals surface area contributed by atoms with Crippen LogP contribution in [0.2, 0.25) is 0 Å². The number of alkyl halides is 1. The molecule has 5 heteroatoms. The molecule has 0 unspecified atom stereocenters. The van der Waals surface area contributed by atoms with Gasteiger partial charge in [0.15, 0.2) is 0 Å². The van der Waals surface area contributed by atoms with Crippen LogP contribution in [0.4, 0.5) is 4.39 Å². The van der Waals surface area contributed by atoms with Crippen molar-refractivity contribution in [2.24, 2.45) is 0 Å². The number of likely N-dealkylation sites (tertiary alicyclic amines) is 1. The van der Waals surface area contributed by atoms with Gasteiger partial charge in [0.05, 0.1) is 7.11 Å². The first-order valence-corrected chi connectivity index (χ1v) is 6.47. The Morgan fingerprint density at radius 1 is 1.58 bits per heavy atom. The van der Waals surface area contributed by atoms with Crippen LogP contribution in [0.15, 0.2) is 24.3 Å². The standard InChI is InChI=1S/C14H19FN2O2/c1-19-13-4-2-3-11(9-13)14(18)16-6-8-17-7-5-12(15)10-17/h2-4,9,12H,5-8,10H2,1H3,(H,16,18)/t12-/m0/s1. The van der Waals surface area contributed by atoms with E-state index in [4.69, 9.17) is 4.74 Å². The quantitative estimate of drug-likeness (QED) is 0.877. The number of benzene rings is 1. The van der Waals surface area contributed by atoms with Gasteiger partial charge in [0.1, 0.15) is 11.9 Å². The third-order valence-corrected chi connectivity index (χ3v) is 3.26. The number of methoxy groups -OCH3 is 1. The van der Waals surface area contributed by atoms with E-state index in [1.165, 1.54) is 0 Å². The SMILES string of the molecule is COc1cccc(C(=O)NCCN2CC[C@H](F)C2)c1. The molecule has 0 radical (unpaired) electrons. The van der Waals surface area contributed by atoms with E-state index in [-0.39, 0.29) is 5.91 Å². The van der Waals surface area contributed by atoms with E-state index in [1.54, 1.807) is 31.4 Å². The minimum atomic E-state index is -0.714. The molecule has 0 saturated carbocycles. The van der Waals surface area contributed by atoms with Gasteiger partial charge in [-0.3, -0.25) is 9.69 Å². The van der Waals surface area contributed by atoms with E-state index in [1.807, 2.05) is 4.90 Å². The van der Waals surface area contributed by atoms with E-state index in [0.717, 1.165) is 6.54 Å². The predicted molar refractivity (Wildman–Crippen MR) is 71.3 cm³/mol. The van der Waals surface area contributed by atoms with Crippen molar-refractivity contribution in [1.29, 1.82) is 0 Å². The van der Waals surface area contributed by atoms with Crippen LogP contribution in [0.3, 0.4) is 0 Å². The molecular formula is C14H19FN2O2. The second-order valence-corrected chi connectivity index (χ2v) is 4.67. The van der Waals surface area contributed by atoms with Gasteiger partial charge < -0.3 is 10.1 Å². The number of carbonyl (C=O) groups is 1. The van der Waals surface area contributed by atoms with Gasteiger partial charge in [-0.25, -0.2) is 4.39 Å². The van der Waals surface area contributed by atoms with Crippen LogP contribution in [0, 0.1) is 0 Å². The Morgan fingerprint density at radius 3 is 3.11 bits per heavy atom. The maximum atomic E-state index is 13.0. The summed E-state index contributed by atoms with van der Waals surface area (Å²) in [6.45, 7) is 2.48. The zero-order valence-electron chi connectivity index (χ0n) is 11.1. The topological polar surface area (TPSA) is 41.6 Å². The van der Waals surface area contributed by atoms with Gasteiger partial charge in [-0.05, 0) is 24.6 Å². The van der Waals surface area contributed by atoms with E-state index in [9.17, 15) is 9.18 Å². The van der Waals surface area contributed by atoms with Gasteiger partial charge >= 0.3 is 0 Å². The van der Waals surface area contributed by atoms with Gasteiger partial charge in [-0.1, -0.05) is 6.07 Å². The molecule has 1 N–H and O–H groups in total. The second-order valence-electron chi connectivity index (χ2n) is 4.67. The third kappa shape index (κ3) is 3.92. The lowest BCUT2D eigenvalue weighted by atomic mass is 10.2. The minimum Gasteiger partial charge on any atom is -0.497 e. The highest BCUT2D eigenvalue weighted by atomic mass is 19.1. The molecule has 1 aliphatic rings. The van der Waals surface area contributed by atoms with Crippen molar-refractivity contribution in [3.8, 4) is 5.75 Å². The van der Waals surface area contributed by atoms with Crippen molar-refractivity contribution >= 4 is 5.91 Å². The van der Waals surface area contributed by atoms with Crippen molar-refractivity contribution in [1.82, 2.24) is 10.2 Å². The largest absolute Gasteiger partial charge is 0.497 e. The average molecular weight is 266 g/mol. The Morgan fingerprint density at radius 2 is 2.42 bits per heavy atom. The molecule has 1 fully saturated rings. The maximum absolute atomic E-state index is 13.0. The van der Waals surface area contributed by atoms with Crippen molar-refractivity contribution in [3.05, 3.63) is 29.8 Å². The summed E-state index contributed by atoms with van der Waals surface area (Å²) < 4.78 is 18.0. The number of halogens is 1. The average Bonchev–Trinajstić information content (AvgIpc) is 2.84. The first-order chi connectivity index (χ1) is 9.19. The number of ether oxygens (including phenoxy) is 1. The molecule has 4 nitrogen and oxygen atoms in total. The number of hydrogen-bond acceptors (Lipinski definition) is 3. The van der Waals surface area contributed by atoms with E-state index in [2.05, 4.69) is 5.32 Å². The van der Waals surface area contributed by atoms with Crippen molar-refractivity contribution in [2.45, 2.75) is 12.6 Å². The Labute approximate surface area is 112 Å². The number of rotatable bonds is 5. The molecule has 0 bridgehead atoms. The summed E-state index contributed by atoms with van der Waals surface area (Å²) in [4.78, 5) is 13.9. The lowest BCUT2D eigenvalue weighted by Crippen LogP contribution is -2.34. The normalized spacial score (nSPS) is 19.4. The molecule has 0 aliphatic carbocycles. The fraction of sp³-hybridized carbons (Fsp3) is 0.500. The Hall–Kier alpha value is -1.62. The monoisotopic (exact) mass is 266 g/mol. The predicted octanol–water partition coefficient (Wildman–Crippen LogP) is 1.47. The van der Waals surface area contributed by atoms with Crippen LogP contribution >= 0.6 is 0 Å². The highest BCUT2D eigenvalue weighted by Crippen LogP contribution is 2.13. The number of amides is 1. The van der Waals surface area contributed by atoms with Gasteiger partial charge in [-0.15, -0.1) is 0 Å². The fourth-order valence-corrected chi connectivity index (χ4v) is 2.18. The molecule has 19 heavy (non-hydrogen) atoms. The molecule has 1 aromatic carbocycles. The molecule has 1 aliphatic heterocycles. The summed E-state index contributed by atoms with van der Waals surface area (Å²) in [6, 6.07) is 7.01. The van der Waals surface area contributed by atoms with Crippen LogP contribution in [-0.2, 0) is 0 Å². The van der Waals surface area contributed by atoms with Crippen molar-refractivity contribution < 1.29 is 13.9 Å². The molecule has 2 rings (SSSR count). The first kappa shape index (κ1) is 13.8. The third-order valence-electron chi connectivity index (χ3n) is 3.26. The van der Waals surface area contributed by atoms with Crippen LogP contribution in [0.1, 0.15) is 16.8 Å². The molecule has 1 atom stereocenters. The molecule has 1 aromatic rings. The summed E-state index contributed by atoms with van der Waals surface area (Å²) in [5, 5.41) is 2.83. The lowest BCUT2D eigenvalue weighted by molar-refractivity contribution is 0.0949. The first-order valence-electron chi connectivity index (χ1n) is 6.47. The van der Waals surface area contributed by atoms with Gasteiger partial charge in [0.2, 0.25) is 0 Å². The minimum absolute atomic E-state index is 0.130. The van der Waals surface area contributed by atoms with E-state index < -0.39 is 6.17 Å². The summed E-state index contributed by atoms with van der Waals surface area (Å²) in [6.07, 6.45) is -0.113. The van der Waals surface area contributed by atoms with Crippen LogP contribution < -0.4 is 10.1 Å². The van der Waals surface area contributed by atoms with Crippen molar-refractivity contribution in [2.75, 3.05) is 33.3 Å². The molecule has 1 saturated heterocycles. The highest BCUT2D eigenvalue weighted by Gasteiger charge is 2.21. The number of hydrogen-bond donors (Lipinski definition) is 1. The number of nitrogens with one attached hydrogen (secondary N) is 1. The summed E-state index contributed by atoms with van der Waals surface area (Å²) in [5.74, 6) is 0.530. The maximum Gasteiger partial charge on any atom is 0.251 e. The molecule has 1 heterocycles. The molecule has 0 spiro atoms. The fourth-order valence-electron chi connectivity index (χ4n) is 2.18. The Bertz CT molecular complexity index is 439. The zero-order chi connectivity index (χ0) is 13.7. The molecule has 104 valence electrons. The van der Waals surface area contributed by atoms with E-state index in [0.29, 0.717) is 37.4 Å². The number of nitrogens with zero attached hydrogens (tertiary/aromatic N) is 1.